The van der Waals surface area contributed by atoms with Gasteiger partial charge in [0.1, 0.15) is 12.6 Å². The number of hydrogen-bond donors (Lipinski definition) is 2. The number of nitrogens with zero attached hydrogens (tertiary/aromatic N) is 2. The van der Waals surface area contributed by atoms with E-state index in [2.05, 4.69) is 10.9 Å². The molecule has 2 bridgehead atoms. The predicted molar refractivity (Wildman–Crippen MR) is 79.3 cm³/mol. The zero-order valence-electron chi connectivity index (χ0n) is 12.5. The molecule has 1 unspecified atom stereocenters. The monoisotopic (exact) mass is 318 g/mol. The van der Waals surface area contributed by atoms with Crippen LogP contribution in [0.5, 0.6) is 0 Å². The van der Waals surface area contributed by atoms with Crippen LogP contribution in [0.15, 0.2) is 30.3 Å². The van der Waals surface area contributed by atoms with Crippen LogP contribution in [0.1, 0.15) is 18.4 Å². The van der Waals surface area contributed by atoms with Crippen molar-refractivity contribution in [2.75, 3.05) is 6.54 Å². The highest BCUT2D eigenvalue weighted by Gasteiger charge is 2.47. The standard InChI is InChI=1S/C15H18N4O4/c20-10-16-17-14(21)13-7-6-12-8-18(13)15(22)19(12)23-9-11-4-2-1-3-5-11/h1-5,10,12-13H,6-9H2,(H,16,20)(H,17,21)/t12?,13-/m0/s1. The fourth-order valence-corrected chi connectivity index (χ4v) is 2.97. The Morgan fingerprint density at radius 1 is 1.30 bits per heavy atom. The minimum Gasteiger partial charge on any atom is -0.309 e. The largest absolute Gasteiger partial charge is 0.345 e. The fourth-order valence-electron chi connectivity index (χ4n) is 2.97. The first-order chi connectivity index (χ1) is 11.2. The smallest absolute Gasteiger partial charge is 0.309 e. The third kappa shape index (κ3) is 3.11. The molecule has 0 aromatic heterocycles. The van der Waals surface area contributed by atoms with Crippen LogP contribution in [0.3, 0.4) is 0 Å². The molecular weight excluding hydrogens is 300 g/mol. The second-order valence-electron chi connectivity index (χ2n) is 5.52. The van der Waals surface area contributed by atoms with E-state index in [-0.39, 0.29) is 12.1 Å². The number of carbonyl (C=O) groups is 3. The van der Waals surface area contributed by atoms with Crippen molar-refractivity contribution in [3.8, 4) is 0 Å². The van der Waals surface area contributed by atoms with E-state index in [9.17, 15) is 14.4 Å². The van der Waals surface area contributed by atoms with Gasteiger partial charge >= 0.3 is 6.03 Å². The summed E-state index contributed by atoms with van der Waals surface area (Å²) in [6.45, 7) is 0.757. The summed E-state index contributed by atoms with van der Waals surface area (Å²) in [6, 6.07) is 8.64. The van der Waals surface area contributed by atoms with Crippen LogP contribution in [-0.4, -0.2) is 46.9 Å². The fraction of sp³-hybridized carbons (Fsp3) is 0.400. The van der Waals surface area contributed by atoms with E-state index in [4.69, 9.17) is 4.84 Å². The molecule has 8 nitrogen and oxygen atoms in total. The second kappa shape index (κ2) is 6.66. The normalized spacial score (nSPS) is 22.9. The van der Waals surface area contributed by atoms with Gasteiger partial charge in [0.2, 0.25) is 6.41 Å². The Morgan fingerprint density at radius 3 is 2.83 bits per heavy atom. The zero-order valence-corrected chi connectivity index (χ0v) is 12.5. The van der Waals surface area contributed by atoms with Crippen LogP contribution in [-0.2, 0) is 21.0 Å². The highest BCUT2D eigenvalue weighted by Crippen LogP contribution is 2.30. The lowest BCUT2D eigenvalue weighted by Crippen LogP contribution is -2.52. The molecule has 3 rings (SSSR count). The van der Waals surface area contributed by atoms with Crippen molar-refractivity contribution in [1.82, 2.24) is 20.8 Å². The van der Waals surface area contributed by atoms with Gasteiger partial charge in [-0.1, -0.05) is 30.3 Å². The molecule has 2 aliphatic heterocycles. The first-order valence-corrected chi connectivity index (χ1v) is 7.46. The molecule has 2 saturated heterocycles. The van der Waals surface area contributed by atoms with Crippen LogP contribution in [0.25, 0.3) is 0 Å². The maximum Gasteiger partial charge on any atom is 0.345 e. The van der Waals surface area contributed by atoms with Crippen LogP contribution in [0.4, 0.5) is 4.79 Å². The zero-order chi connectivity index (χ0) is 16.2. The third-order valence-electron chi connectivity index (χ3n) is 4.09. The first kappa shape index (κ1) is 15.3. The Hall–Kier alpha value is -2.61. The number of carbonyl (C=O) groups excluding carboxylic acids is 3. The molecule has 0 radical (unpaired) electrons. The third-order valence-corrected chi connectivity index (χ3v) is 4.09. The van der Waals surface area contributed by atoms with Crippen LogP contribution < -0.4 is 10.9 Å². The minimum atomic E-state index is -0.587. The summed E-state index contributed by atoms with van der Waals surface area (Å²) in [7, 11) is 0. The Balaban J connectivity index is 1.62. The number of hydroxylamine groups is 2. The lowest BCUT2D eigenvalue weighted by molar-refractivity contribution is -0.140. The number of nitrogens with one attached hydrogen (secondary N) is 2. The second-order valence-corrected chi connectivity index (χ2v) is 5.52. The number of hydrogen-bond acceptors (Lipinski definition) is 4. The number of piperidine rings is 1. The van der Waals surface area contributed by atoms with Gasteiger partial charge in [0.05, 0.1) is 6.04 Å². The average Bonchev–Trinajstić information content (AvgIpc) is 2.83. The highest BCUT2D eigenvalue weighted by molar-refractivity contribution is 5.88. The molecule has 23 heavy (non-hydrogen) atoms. The van der Waals surface area contributed by atoms with Crippen LogP contribution in [0.2, 0.25) is 0 Å². The van der Waals surface area contributed by atoms with Crippen molar-refractivity contribution in [1.29, 1.82) is 0 Å². The van der Waals surface area contributed by atoms with Crippen molar-refractivity contribution in [2.24, 2.45) is 0 Å². The SMILES string of the molecule is O=CNNC(=O)[C@@H]1CCC2CN1C(=O)N2OCc1ccccc1. The summed E-state index contributed by atoms with van der Waals surface area (Å²) in [6.07, 6.45) is 1.59. The van der Waals surface area contributed by atoms with Crippen LogP contribution in [0, 0.1) is 0 Å². The van der Waals surface area contributed by atoms with Crippen LogP contribution >= 0.6 is 0 Å². The number of fused-ring (bicyclic) bond motifs is 2. The first-order valence-electron chi connectivity index (χ1n) is 7.46. The van der Waals surface area contributed by atoms with Gasteiger partial charge in [-0.25, -0.2) is 4.79 Å². The van der Waals surface area contributed by atoms with E-state index in [1.54, 1.807) is 0 Å². The van der Waals surface area contributed by atoms with Gasteiger partial charge in [0.25, 0.3) is 5.91 Å². The summed E-state index contributed by atoms with van der Waals surface area (Å²) < 4.78 is 0. The molecule has 2 atom stereocenters. The Labute approximate surface area is 133 Å². The molecule has 0 spiro atoms. The lowest BCUT2D eigenvalue weighted by atomic mass is 10.0. The maximum absolute atomic E-state index is 12.5. The number of amides is 4. The van der Waals surface area contributed by atoms with Gasteiger partial charge < -0.3 is 4.90 Å². The van der Waals surface area contributed by atoms with Gasteiger partial charge in [-0.3, -0.25) is 25.3 Å². The maximum atomic E-state index is 12.5. The van der Waals surface area contributed by atoms with Gasteiger partial charge in [-0.2, -0.15) is 5.06 Å². The summed E-state index contributed by atoms with van der Waals surface area (Å²) >= 11 is 0. The van der Waals surface area contributed by atoms with E-state index >= 15 is 0 Å². The number of urea groups is 1. The molecular formula is C15H18N4O4. The van der Waals surface area contributed by atoms with E-state index in [1.807, 2.05) is 30.3 Å². The molecule has 4 amide bonds. The molecule has 0 saturated carbocycles. The Bertz CT molecular complexity index is 594. The number of hydrazine groups is 1. The summed E-state index contributed by atoms with van der Waals surface area (Å²) in [5.74, 6) is -0.395. The topological polar surface area (TPSA) is 91.0 Å². The molecule has 2 fully saturated rings. The quantitative estimate of drug-likeness (QED) is 0.577. The van der Waals surface area contributed by atoms with Gasteiger partial charge in [0.15, 0.2) is 0 Å². The molecule has 8 heteroatoms. The minimum absolute atomic E-state index is 0.0470. The molecule has 2 heterocycles. The van der Waals surface area contributed by atoms with Gasteiger partial charge in [0, 0.05) is 6.54 Å². The number of rotatable bonds is 6. The van der Waals surface area contributed by atoms with E-state index < -0.39 is 11.9 Å². The van der Waals surface area contributed by atoms with Crippen molar-refractivity contribution >= 4 is 18.3 Å². The van der Waals surface area contributed by atoms with Crippen molar-refractivity contribution in [3.05, 3.63) is 35.9 Å². The molecule has 1 aromatic rings. The molecule has 1 aromatic carbocycles. The number of benzene rings is 1. The molecule has 2 N–H and O–H groups in total. The van der Waals surface area contributed by atoms with Crippen molar-refractivity contribution < 1.29 is 19.2 Å². The summed E-state index contributed by atoms with van der Waals surface area (Å²) in [4.78, 5) is 41.8. The molecule has 2 aliphatic rings. The predicted octanol–water partition coefficient (Wildman–Crippen LogP) is 0.164. The lowest BCUT2D eigenvalue weighted by Gasteiger charge is -2.28. The summed E-state index contributed by atoms with van der Waals surface area (Å²) in [5, 5.41) is 1.37. The average molecular weight is 318 g/mol. The van der Waals surface area contributed by atoms with E-state index in [1.165, 1.54) is 9.96 Å². The van der Waals surface area contributed by atoms with Crippen molar-refractivity contribution in [2.45, 2.75) is 31.5 Å². The Morgan fingerprint density at radius 2 is 2.09 bits per heavy atom. The van der Waals surface area contributed by atoms with Gasteiger partial charge in [-0.05, 0) is 18.4 Å². The molecule has 0 aliphatic carbocycles. The Kier molecular flexibility index (Phi) is 4.42. The van der Waals surface area contributed by atoms with Gasteiger partial charge in [-0.15, -0.1) is 0 Å². The van der Waals surface area contributed by atoms with E-state index in [0.29, 0.717) is 32.4 Å². The summed E-state index contributed by atoms with van der Waals surface area (Å²) in [5.41, 5.74) is 5.35. The van der Waals surface area contributed by atoms with Crippen molar-refractivity contribution in [3.63, 3.8) is 0 Å². The van der Waals surface area contributed by atoms with E-state index in [0.717, 1.165) is 5.56 Å². The highest BCUT2D eigenvalue weighted by atomic mass is 16.7. The molecule has 122 valence electrons.